The Labute approximate surface area is 132 Å². The standard InChI is InChI=1S/C14H17F3N2O3S/c1-23(21,22)19-7-5-12(6-8-19)18-13(20)10-3-2-4-11(9-10)14(15,16)17/h2-4,9,12H,5-8H2,1H3,(H,18,20). The Kier molecular flexibility index (Phi) is 5.00. The van der Waals surface area contributed by atoms with Crippen molar-refractivity contribution < 1.29 is 26.4 Å². The van der Waals surface area contributed by atoms with Crippen molar-refractivity contribution in [2.75, 3.05) is 19.3 Å². The molecule has 0 saturated carbocycles. The van der Waals surface area contributed by atoms with Gasteiger partial charge in [-0.1, -0.05) is 6.07 Å². The summed E-state index contributed by atoms with van der Waals surface area (Å²) in [7, 11) is -3.26. The average Bonchev–Trinajstić information content (AvgIpc) is 2.46. The van der Waals surface area contributed by atoms with Crippen LogP contribution in [0.15, 0.2) is 24.3 Å². The molecule has 23 heavy (non-hydrogen) atoms. The summed E-state index contributed by atoms with van der Waals surface area (Å²) < 4.78 is 62.1. The first-order chi connectivity index (χ1) is 10.6. The van der Waals surface area contributed by atoms with Gasteiger partial charge in [-0.25, -0.2) is 12.7 Å². The number of nitrogens with one attached hydrogen (secondary N) is 1. The van der Waals surface area contributed by atoms with Gasteiger partial charge in [0.1, 0.15) is 0 Å². The number of benzene rings is 1. The lowest BCUT2D eigenvalue weighted by atomic mass is 10.1. The van der Waals surface area contributed by atoms with Gasteiger partial charge in [-0.05, 0) is 31.0 Å². The molecule has 0 unspecified atom stereocenters. The summed E-state index contributed by atoms with van der Waals surface area (Å²) in [6.45, 7) is 0.568. The Bertz CT molecular complexity index is 681. The normalized spacial score (nSPS) is 17.9. The van der Waals surface area contributed by atoms with Crippen LogP contribution in [0.5, 0.6) is 0 Å². The molecule has 1 N–H and O–H groups in total. The van der Waals surface area contributed by atoms with Gasteiger partial charge in [0.05, 0.1) is 11.8 Å². The molecule has 0 atom stereocenters. The number of nitrogens with zero attached hydrogens (tertiary/aromatic N) is 1. The van der Waals surface area contributed by atoms with E-state index < -0.39 is 27.7 Å². The molecule has 1 aromatic rings. The lowest BCUT2D eigenvalue weighted by Crippen LogP contribution is -2.46. The number of sulfonamides is 1. The second-order valence-electron chi connectivity index (χ2n) is 5.49. The van der Waals surface area contributed by atoms with Crippen LogP contribution in [-0.4, -0.2) is 44.0 Å². The Hall–Kier alpha value is -1.61. The van der Waals surface area contributed by atoms with Crippen LogP contribution in [-0.2, 0) is 16.2 Å². The number of amides is 1. The van der Waals surface area contributed by atoms with Gasteiger partial charge in [0.15, 0.2) is 0 Å². The smallest absolute Gasteiger partial charge is 0.349 e. The monoisotopic (exact) mass is 350 g/mol. The highest BCUT2D eigenvalue weighted by Crippen LogP contribution is 2.29. The van der Waals surface area contributed by atoms with Crippen LogP contribution in [0.1, 0.15) is 28.8 Å². The summed E-state index contributed by atoms with van der Waals surface area (Å²) in [5.74, 6) is -0.589. The maximum atomic E-state index is 12.7. The molecule has 0 bridgehead atoms. The maximum absolute atomic E-state index is 12.7. The number of halogens is 3. The molecule has 0 radical (unpaired) electrons. The van der Waals surface area contributed by atoms with E-state index in [1.54, 1.807) is 0 Å². The van der Waals surface area contributed by atoms with Crippen LogP contribution in [0.2, 0.25) is 0 Å². The highest BCUT2D eigenvalue weighted by molar-refractivity contribution is 7.88. The van der Waals surface area contributed by atoms with Gasteiger partial charge in [0.2, 0.25) is 10.0 Å². The number of carbonyl (C=O) groups is 1. The van der Waals surface area contributed by atoms with Crippen LogP contribution >= 0.6 is 0 Å². The van der Waals surface area contributed by atoms with E-state index in [1.807, 2.05) is 0 Å². The third-order valence-corrected chi connectivity index (χ3v) is 5.01. The predicted octanol–water partition coefficient (Wildman–Crippen LogP) is 1.86. The van der Waals surface area contributed by atoms with Gasteiger partial charge in [0.25, 0.3) is 5.91 Å². The molecule has 1 aliphatic heterocycles. The summed E-state index contributed by atoms with van der Waals surface area (Å²) in [6.07, 6.45) is -2.53. The van der Waals surface area contributed by atoms with E-state index in [0.717, 1.165) is 18.4 Å². The lowest BCUT2D eigenvalue weighted by molar-refractivity contribution is -0.137. The van der Waals surface area contributed by atoms with Crippen molar-refractivity contribution >= 4 is 15.9 Å². The Morgan fingerprint density at radius 3 is 2.39 bits per heavy atom. The van der Waals surface area contributed by atoms with Crippen molar-refractivity contribution in [2.45, 2.75) is 25.1 Å². The second-order valence-corrected chi connectivity index (χ2v) is 7.47. The molecule has 1 aliphatic rings. The average molecular weight is 350 g/mol. The second kappa shape index (κ2) is 6.48. The molecular formula is C14H17F3N2O3S. The number of hydrogen-bond acceptors (Lipinski definition) is 3. The van der Waals surface area contributed by atoms with Crippen molar-refractivity contribution in [3.63, 3.8) is 0 Å². The van der Waals surface area contributed by atoms with Gasteiger partial charge in [-0.2, -0.15) is 13.2 Å². The van der Waals surface area contributed by atoms with Crippen LogP contribution in [0.3, 0.4) is 0 Å². The molecule has 1 fully saturated rings. The third kappa shape index (κ3) is 4.68. The van der Waals surface area contributed by atoms with Gasteiger partial charge >= 0.3 is 6.18 Å². The Morgan fingerprint density at radius 2 is 1.87 bits per heavy atom. The van der Waals surface area contributed by atoms with E-state index in [4.69, 9.17) is 0 Å². The first-order valence-electron chi connectivity index (χ1n) is 7.00. The first-order valence-corrected chi connectivity index (χ1v) is 8.85. The topological polar surface area (TPSA) is 66.5 Å². The molecule has 2 rings (SSSR count). The number of hydrogen-bond donors (Lipinski definition) is 1. The highest BCUT2D eigenvalue weighted by Gasteiger charge is 2.31. The van der Waals surface area contributed by atoms with Crippen molar-refractivity contribution in [2.24, 2.45) is 0 Å². The Balaban J connectivity index is 1.99. The minimum absolute atomic E-state index is 0.0645. The zero-order chi connectivity index (χ0) is 17.3. The minimum atomic E-state index is -4.50. The third-order valence-electron chi connectivity index (χ3n) is 3.71. The molecule has 128 valence electrons. The van der Waals surface area contributed by atoms with Crippen LogP contribution in [0.25, 0.3) is 0 Å². The van der Waals surface area contributed by atoms with E-state index in [-0.39, 0.29) is 24.7 Å². The van der Waals surface area contributed by atoms with Crippen LogP contribution < -0.4 is 5.32 Å². The summed E-state index contributed by atoms with van der Waals surface area (Å²) in [5, 5.41) is 2.66. The zero-order valence-corrected chi connectivity index (χ0v) is 13.2. The number of piperidine rings is 1. The molecular weight excluding hydrogens is 333 g/mol. The molecule has 1 aromatic carbocycles. The van der Waals surface area contributed by atoms with E-state index in [0.29, 0.717) is 12.8 Å². The van der Waals surface area contributed by atoms with Crippen molar-refractivity contribution in [3.8, 4) is 0 Å². The number of carbonyl (C=O) groups excluding carboxylic acids is 1. The molecule has 1 amide bonds. The number of alkyl halides is 3. The zero-order valence-electron chi connectivity index (χ0n) is 12.4. The molecule has 9 heteroatoms. The van der Waals surface area contributed by atoms with Crippen molar-refractivity contribution in [3.05, 3.63) is 35.4 Å². The van der Waals surface area contributed by atoms with Crippen LogP contribution in [0, 0.1) is 0 Å². The Morgan fingerprint density at radius 1 is 1.26 bits per heavy atom. The molecule has 5 nitrogen and oxygen atoms in total. The summed E-state index contributed by atoms with van der Waals surface area (Å²) >= 11 is 0. The molecule has 0 spiro atoms. The van der Waals surface area contributed by atoms with E-state index in [2.05, 4.69) is 5.32 Å². The lowest BCUT2D eigenvalue weighted by Gasteiger charge is -2.30. The first kappa shape index (κ1) is 17.7. The molecule has 0 aliphatic carbocycles. The predicted molar refractivity (Wildman–Crippen MR) is 78.3 cm³/mol. The van der Waals surface area contributed by atoms with Gasteiger partial charge < -0.3 is 5.32 Å². The number of rotatable bonds is 3. The molecule has 1 heterocycles. The minimum Gasteiger partial charge on any atom is -0.349 e. The van der Waals surface area contributed by atoms with Gasteiger partial charge in [0, 0.05) is 24.7 Å². The van der Waals surface area contributed by atoms with E-state index >= 15 is 0 Å². The summed E-state index contributed by atoms with van der Waals surface area (Å²) in [5.41, 5.74) is -0.942. The van der Waals surface area contributed by atoms with Gasteiger partial charge in [-0.3, -0.25) is 4.79 Å². The van der Waals surface area contributed by atoms with Crippen LogP contribution in [0.4, 0.5) is 13.2 Å². The molecule has 0 aromatic heterocycles. The van der Waals surface area contributed by atoms with Crippen molar-refractivity contribution in [1.29, 1.82) is 0 Å². The summed E-state index contributed by atoms with van der Waals surface area (Å²) in [4.78, 5) is 12.1. The fourth-order valence-corrected chi connectivity index (χ4v) is 3.31. The quantitative estimate of drug-likeness (QED) is 0.905. The fraction of sp³-hybridized carbons (Fsp3) is 0.500. The summed E-state index contributed by atoms with van der Waals surface area (Å²) in [6, 6.07) is 3.96. The largest absolute Gasteiger partial charge is 0.416 e. The SMILES string of the molecule is CS(=O)(=O)N1CCC(NC(=O)c2cccc(C(F)(F)F)c2)CC1. The maximum Gasteiger partial charge on any atom is 0.416 e. The van der Waals surface area contributed by atoms with E-state index in [9.17, 15) is 26.4 Å². The molecule has 1 saturated heterocycles. The fourth-order valence-electron chi connectivity index (χ4n) is 2.44. The van der Waals surface area contributed by atoms with Crippen molar-refractivity contribution in [1.82, 2.24) is 9.62 Å². The highest BCUT2D eigenvalue weighted by atomic mass is 32.2. The van der Waals surface area contributed by atoms with Gasteiger partial charge in [-0.15, -0.1) is 0 Å². The van der Waals surface area contributed by atoms with E-state index in [1.165, 1.54) is 16.4 Å².